The summed E-state index contributed by atoms with van der Waals surface area (Å²) < 4.78 is 61.0. The molecule has 5 heteroatoms. The van der Waals surface area contributed by atoms with Gasteiger partial charge in [-0.15, -0.1) is 34.9 Å². The topological polar surface area (TPSA) is 50.2 Å². The zero-order chi connectivity index (χ0) is 37.1. The number of aromatic nitrogens is 1. The standard InChI is InChI=1S/C24H21FN.C15H28O2.Ir/c1-14(2)21-12-17-7-8-26-24(18-10-15(3)9-16(4)11-18)23(17)22-13-19(25)5-6-20(21)22;1-7-14(5,8-2)12(16)11-13(17)15(6,9-3)10-4;/h5-10,12-14H,1-4H3;11,16H,7-10H2,1-6H3;/q-1;;/b;12-11-;/i3D3,4D3;;. The molecule has 1 N–H and O–H groups in total. The number of fused-ring (bicyclic) bond motifs is 3. The van der Waals surface area contributed by atoms with Gasteiger partial charge in [0.05, 0.1) is 0 Å². The van der Waals surface area contributed by atoms with Gasteiger partial charge in [-0.1, -0.05) is 81.2 Å². The van der Waals surface area contributed by atoms with Crippen molar-refractivity contribution >= 4 is 27.3 Å². The van der Waals surface area contributed by atoms with Crippen LogP contribution >= 0.6 is 0 Å². The average molecular weight is 781 g/mol. The van der Waals surface area contributed by atoms with Gasteiger partial charge in [-0.3, -0.25) is 4.79 Å². The molecule has 0 fully saturated rings. The van der Waals surface area contributed by atoms with E-state index in [0.717, 1.165) is 48.1 Å². The maximum atomic E-state index is 14.3. The van der Waals surface area contributed by atoms with E-state index in [4.69, 9.17) is 8.22 Å². The molecule has 0 bridgehead atoms. The summed E-state index contributed by atoms with van der Waals surface area (Å²) in [6, 6.07) is 13.8. The molecule has 0 amide bonds. The first-order chi connectivity index (χ1) is 22.6. The molecule has 0 spiro atoms. The number of benzene rings is 3. The van der Waals surface area contributed by atoms with Gasteiger partial charge >= 0.3 is 0 Å². The Hall–Kier alpha value is -2.88. The van der Waals surface area contributed by atoms with Crippen LogP contribution in [-0.4, -0.2) is 15.9 Å². The molecule has 0 saturated carbocycles. The Kier molecular flexibility index (Phi) is 10.0. The van der Waals surface area contributed by atoms with Crippen molar-refractivity contribution in [3.63, 3.8) is 0 Å². The number of hydrogen-bond acceptors (Lipinski definition) is 3. The second kappa shape index (κ2) is 15.4. The van der Waals surface area contributed by atoms with Crippen LogP contribution in [0.5, 0.6) is 0 Å². The number of allylic oxidation sites excluding steroid dienone is 2. The van der Waals surface area contributed by atoms with Crippen LogP contribution in [0.2, 0.25) is 0 Å². The second-order valence-corrected chi connectivity index (χ2v) is 12.2. The third kappa shape index (κ3) is 8.03. The van der Waals surface area contributed by atoms with Gasteiger partial charge < -0.3 is 10.1 Å². The maximum absolute atomic E-state index is 14.3. The molecule has 0 aliphatic carbocycles. The molecule has 1 aromatic heterocycles. The van der Waals surface area contributed by atoms with E-state index in [1.54, 1.807) is 12.3 Å². The number of rotatable bonds is 9. The summed E-state index contributed by atoms with van der Waals surface area (Å²) in [5, 5.41) is 13.1. The van der Waals surface area contributed by atoms with Crippen molar-refractivity contribution in [1.29, 1.82) is 0 Å². The SMILES string of the molecule is CCC(C)(CC)C(=O)/C=C(\O)C(C)(CC)CC.[2H]C([2H])([2H])c1[c-]c(-c2nccc3cc(C(C)C)c4ccc(F)cc4c23)cc(C([2H])([2H])[2H])c1.[Ir]. The number of halogens is 1. The van der Waals surface area contributed by atoms with Crippen molar-refractivity contribution in [1.82, 2.24) is 4.98 Å². The Morgan fingerprint density at radius 2 is 1.64 bits per heavy atom. The predicted octanol–water partition coefficient (Wildman–Crippen LogP) is 11.4. The quantitative estimate of drug-likeness (QED) is 0.0796. The van der Waals surface area contributed by atoms with Crippen LogP contribution in [0.25, 0.3) is 32.8 Å². The minimum atomic E-state index is -2.54. The van der Waals surface area contributed by atoms with Crippen molar-refractivity contribution in [2.45, 2.75) is 101 Å². The summed E-state index contributed by atoms with van der Waals surface area (Å²) in [5.74, 6) is 0.0725. The van der Waals surface area contributed by atoms with Crippen LogP contribution in [0.4, 0.5) is 4.39 Å². The Morgan fingerprint density at radius 1 is 0.977 bits per heavy atom. The van der Waals surface area contributed by atoms with Gasteiger partial charge in [0.1, 0.15) is 11.6 Å². The van der Waals surface area contributed by atoms with Crippen LogP contribution in [-0.2, 0) is 24.9 Å². The van der Waals surface area contributed by atoms with E-state index in [1.165, 1.54) is 24.3 Å². The van der Waals surface area contributed by atoms with E-state index in [-0.39, 0.29) is 65.1 Å². The third-order valence-electron chi connectivity index (χ3n) is 9.20. The molecular formula is C39H49FIrNO2-. The third-order valence-corrected chi connectivity index (χ3v) is 9.20. The summed E-state index contributed by atoms with van der Waals surface area (Å²) in [4.78, 5) is 16.6. The molecule has 4 aromatic rings. The number of nitrogens with zero attached hydrogens (tertiary/aromatic N) is 1. The second-order valence-electron chi connectivity index (χ2n) is 12.2. The van der Waals surface area contributed by atoms with Crippen molar-refractivity contribution in [3.05, 3.63) is 89.1 Å². The molecular weight excluding hydrogens is 726 g/mol. The van der Waals surface area contributed by atoms with E-state index in [1.807, 2.05) is 53.7 Å². The van der Waals surface area contributed by atoms with E-state index in [0.29, 0.717) is 16.5 Å². The minimum absolute atomic E-state index is 0. The van der Waals surface area contributed by atoms with E-state index in [2.05, 4.69) is 24.9 Å². The monoisotopic (exact) mass is 781 g/mol. The molecule has 3 aromatic carbocycles. The number of aliphatic hydroxyl groups is 1. The summed E-state index contributed by atoms with van der Waals surface area (Å²) in [6.45, 7) is 11.2. The average Bonchev–Trinajstić information content (AvgIpc) is 3.05. The van der Waals surface area contributed by atoms with Crippen molar-refractivity contribution in [3.8, 4) is 11.3 Å². The number of hydrogen-bond donors (Lipinski definition) is 1. The molecule has 0 saturated heterocycles. The van der Waals surface area contributed by atoms with E-state index >= 15 is 0 Å². The van der Waals surface area contributed by atoms with Crippen LogP contribution in [0, 0.1) is 36.4 Å². The zero-order valence-electron chi connectivity index (χ0n) is 33.1. The van der Waals surface area contributed by atoms with Gasteiger partial charge in [0.25, 0.3) is 0 Å². The smallest absolute Gasteiger partial charge is 0.164 e. The molecule has 3 nitrogen and oxygen atoms in total. The predicted molar refractivity (Wildman–Crippen MR) is 180 cm³/mol. The van der Waals surface area contributed by atoms with Gasteiger partial charge in [0.2, 0.25) is 0 Å². The van der Waals surface area contributed by atoms with Crippen LogP contribution < -0.4 is 0 Å². The van der Waals surface area contributed by atoms with Crippen LogP contribution in [0.15, 0.2) is 60.5 Å². The first-order valence-electron chi connectivity index (χ1n) is 18.2. The van der Waals surface area contributed by atoms with E-state index < -0.39 is 19.5 Å². The fourth-order valence-electron chi connectivity index (χ4n) is 5.16. The van der Waals surface area contributed by atoms with Crippen molar-refractivity contribution < 1.29 is 42.6 Å². The molecule has 4 rings (SSSR count). The number of aryl methyl sites for hydroxylation is 2. The van der Waals surface area contributed by atoms with Crippen LogP contribution in [0.1, 0.15) is 112 Å². The fraction of sp³-hybridized carbons (Fsp3) is 0.436. The zero-order valence-corrected chi connectivity index (χ0v) is 29.5. The first kappa shape index (κ1) is 28.6. The summed E-state index contributed by atoms with van der Waals surface area (Å²) >= 11 is 0. The summed E-state index contributed by atoms with van der Waals surface area (Å²) in [5.41, 5.74) is 0.755. The van der Waals surface area contributed by atoms with Gasteiger partial charge in [-0.2, -0.15) is 0 Å². The fourth-order valence-corrected chi connectivity index (χ4v) is 5.16. The molecule has 1 radical (unpaired) electrons. The molecule has 1 heterocycles. The Balaban J connectivity index is 0.000000413. The number of pyridine rings is 1. The molecule has 239 valence electrons. The normalized spacial score (nSPS) is 14.8. The largest absolute Gasteiger partial charge is 0.512 e. The minimum Gasteiger partial charge on any atom is -0.512 e. The number of aliphatic hydroxyl groups excluding tert-OH is 1. The van der Waals surface area contributed by atoms with Gasteiger partial charge in [0.15, 0.2) is 5.78 Å². The molecule has 0 aliphatic heterocycles. The number of carbonyl (C=O) groups is 1. The van der Waals surface area contributed by atoms with Crippen molar-refractivity contribution in [2.24, 2.45) is 10.8 Å². The molecule has 0 atom stereocenters. The molecule has 0 aliphatic rings. The van der Waals surface area contributed by atoms with E-state index in [9.17, 15) is 14.3 Å². The Labute approximate surface area is 286 Å². The van der Waals surface area contributed by atoms with Crippen molar-refractivity contribution in [2.75, 3.05) is 0 Å². The van der Waals surface area contributed by atoms with Gasteiger partial charge in [-0.05, 0) is 82.6 Å². The summed E-state index contributed by atoms with van der Waals surface area (Å²) in [6.07, 6.45) is 6.34. The van der Waals surface area contributed by atoms with Gasteiger partial charge in [-0.25, -0.2) is 4.39 Å². The van der Waals surface area contributed by atoms with Gasteiger partial charge in [0, 0.05) is 51.4 Å². The first-order valence-corrected chi connectivity index (χ1v) is 15.2. The molecule has 0 unspecified atom stereocenters. The molecule has 44 heavy (non-hydrogen) atoms. The Bertz CT molecular complexity index is 1810. The summed E-state index contributed by atoms with van der Waals surface area (Å²) in [7, 11) is 0. The van der Waals surface area contributed by atoms with Crippen LogP contribution in [0.3, 0.4) is 0 Å². The number of carbonyl (C=O) groups excluding carboxylic acids is 1. The number of ketones is 1. The maximum Gasteiger partial charge on any atom is 0.164 e. The Morgan fingerprint density at radius 3 is 2.20 bits per heavy atom.